The van der Waals surface area contributed by atoms with Crippen LogP contribution in [-0.4, -0.2) is 15.8 Å². The van der Waals surface area contributed by atoms with Crippen molar-refractivity contribution in [3.63, 3.8) is 0 Å². The Kier molecular flexibility index (Phi) is 4.34. The minimum Gasteiger partial charge on any atom is -0.337 e. The second-order valence-corrected chi connectivity index (χ2v) is 6.09. The predicted molar refractivity (Wildman–Crippen MR) is 106 cm³/mol. The lowest BCUT2D eigenvalue weighted by Gasteiger charge is -2.00. The van der Waals surface area contributed by atoms with E-state index in [2.05, 4.69) is 16.0 Å². The van der Waals surface area contributed by atoms with Crippen molar-refractivity contribution in [1.29, 1.82) is 5.26 Å². The molecule has 0 saturated carbocycles. The van der Waals surface area contributed by atoms with Gasteiger partial charge in [0, 0.05) is 11.1 Å². The standard InChI is InChI=1S/C23H15N3O/c24-15-19(13-16-7-3-1-4-8-16)23-25-20-12-11-18(14-21(20)26-23)22(27)17-9-5-2-6-10-17/h1-14H,(H,25,26)/b19-13+. The van der Waals surface area contributed by atoms with Gasteiger partial charge < -0.3 is 4.98 Å². The van der Waals surface area contributed by atoms with Crippen molar-refractivity contribution < 1.29 is 4.79 Å². The van der Waals surface area contributed by atoms with Gasteiger partial charge in [0.05, 0.1) is 16.6 Å². The van der Waals surface area contributed by atoms with E-state index in [-0.39, 0.29) is 5.78 Å². The van der Waals surface area contributed by atoms with Gasteiger partial charge in [-0.15, -0.1) is 0 Å². The van der Waals surface area contributed by atoms with Gasteiger partial charge >= 0.3 is 0 Å². The molecule has 4 aromatic rings. The molecule has 0 saturated heterocycles. The van der Waals surface area contributed by atoms with Crippen LogP contribution in [0, 0.1) is 11.3 Å². The van der Waals surface area contributed by atoms with Gasteiger partial charge in [-0.1, -0.05) is 60.7 Å². The Labute approximate surface area is 156 Å². The zero-order valence-electron chi connectivity index (χ0n) is 14.4. The van der Waals surface area contributed by atoms with Crippen molar-refractivity contribution in [2.75, 3.05) is 0 Å². The molecule has 1 N–H and O–H groups in total. The Balaban J connectivity index is 1.72. The summed E-state index contributed by atoms with van der Waals surface area (Å²) in [5.41, 5.74) is 4.01. The van der Waals surface area contributed by atoms with E-state index in [1.807, 2.05) is 48.5 Å². The van der Waals surface area contributed by atoms with Crippen LogP contribution in [0.1, 0.15) is 27.3 Å². The van der Waals surface area contributed by atoms with Gasteiger partial charge in [0.25, 0.3) is 0 Å². The molecular weight excluding hydrogens is 334 g/mol. The van der Waals surface area contributed by atoms with Crippen LogP contribution >= 0.6 is 0 Å². The van der Waals surface area contributed by atoms with E-state index in [9.17, 15) is 10.1 Å². The fourth-order valence-electron chi connectivity index (χ4n) is 2.90. The zero-order valence-corrected chi connectivity index (χ0v) is 14.4. The molecule has 4 rings (SSSR count). The molecule has 0 atom stereocenters. The quantitative estimate of drug-likeness (QED) is 0.422. The molecule has 0 fully saturated rings. The van der Waals surface area contributed by atoms with E-state index in [0.717, 1.165) is 11.1 Å². The van der Waals surface area contributed by atoms with Gasteiger partial charge in [0.2, 0.25) is 0 Å². The molecule has 3 aromatic carbocycles. The molecule has 0 unspecified atom stereocenters. The monoisotopic (exact) mass is 349 g/mol. The van der Waals surface area contributed by atoms with Crippen LogP contribution in [0.2, 0.25) is 0 Å². The zero-order chi connectivity index (χ0) is 18.6. The fraction of sp³-hybridized carbons (Fsp3) is 0. The van der Waals surface area contributed by atoms with E-state index >= 15 is 0 Å². The lowest BCUT2D eigenvalue weighted by atomic mass is 10.0. The van der Waals surface area contributed by atoms with Crippen molar-refractivity contribution in [2.24, 2.45) is 0 Å². The average molecular weight is 349 g/mol. The molecule has 1 aromatic heterocycles. The lowest BCUT2D eigenvalue weighted by molar-refractivity contribution is 0.103. The summed E-state index contributed by atoms with van der Waals surface area (Å²) in [7, 11) is 0. The molecule has 128 valence electrons. The van der Waals surface area contributed by atoms with Crippen molar-refractivity contribution in [1.82, 2.24) is 9.97 Å². The first-order valence-corrected chi connectivity index (χ1v) is 8.51. The molecule has 0 aliphatic carbocycles. The van der Waals surface area contributed by atoms with Crippen LogP contribution < -0.4 is 0 Å². The molecular formula is C23H15N3O. The normalized spacial score (nSPS) is 11.3. The first-order chi connectivity index (χ1) is 13.2. The Hall–Kier alpha value is -3.97. The third-order valence-corrected chi connectivity index (χ3v) is 4.27. The third-order valence-electron chi connectivity index (χ3n) is 4.27. The topological polar surface area (TPSA) is 69.5 Å². The van der Waals surface area contributed by atoms with Crippen LogP contribution in [0.15, 0.2) is 78.9 Å². The Bertz CT molecular complexity index is 1180. The Morgan fingerprint density at radius 2 is 1.63 bits per heavy atom. The number of benzene rings is 3. The molecule has 0 bridgehead atoms. The summed E-state index contributed by atoms with van der Waals surface area (Å²) in [4.78, 5) is 20.3. The predicted octanol–water partition coefficient (Wildman–Crippen LogP) is 4.86. The van der Waals surface area contributed by atoms with Crippen LogP contribution in [0.4, 0.5) is 0 Å². The van der Waals surface area contributed by atoms with Crippen molar-refractivity contribution in [3.8, 4) is 6.07 Å². The van der Waals surface area contributed by atoms with Crippen molar-refractivity contribution >= 4 is 28.5 Å². The molecule has 27 heavy (non-hydrogen) atoms. The number of hydrogen-bond donors (Lipinski definition) is 1. The number of H-pyrrole nitrogens is 1. The number of carbonyl (C=O) groups excluding carboxylic acids is 1. The minimum absolute atomic E-state index is 0.0472. The maximum Gasteiger partial charge on any atom is 0.193 e. The molecule has 0 amide bonds. The van der Waals surface area contributed by atoms with Crippen LogP contribution in [0.5, 0.6) is 0 Å². The van der Waals surface area contributed by atoms with E-state index in [1.54, 1.807) is 36.4 Å². The van der Waals surface area contributed by atoms with Crippen molar-refractivity contribution in [3.05, 3.63) is 101 Å². The molecule has 0 spiro atoms. The van der Waals surface area contributed by atoms with Crippen LogP contribution in [0.25, 0.3) is 22.7 Å². The number of allylic oxidation sites excluding steroid dienone is 1. The number of hydrogen-bond acceptors (Lipinski definition) is 3. The number of nitrogens with zero attached hydrogens (tertiary/aromatic N) is 2. The number of aromatic amines is 1. The van der Waals surface area contributed by atoms with Gasteiger partial charge in [-0.25, -0.2) is 4.98 Å². The van der Waals surface area contributed by atoms with E-state index in [4.69, 9.17) is 0 Å². The van der Waals surface area contributed by atoms with Crippen molar-refractivity contribution in [2.45, 2.75) is 0 Å². The SMILES string of the molecule is N#C/C(=C\c1ccccc1)c1nc2ccc(C(=O)c3ccccc3)cc2[nH]1. The second-order valence-electron chi connectivity index (χ2n) is 6.09. The third kappa shape index (κ3) is 3.39. The summed E-state index contributed by atoms with van der Waals surface area (Å²) in [6, 6.07) is 26.3. The highest BCUT2D eigenvalue weighted by Crippen LogP contribution is 2.21. The van der Waals surface area contributed by atoms with Gasteiger partial charge in [0.15, 0.2) is 5.78 Å². The minimum atomic E-state index is -0.0472. The van der Waals surface area contributed by atoms with E-state index in [1.165, 1.54) is 0 Å². The molecule has 4 nitrogen and oxygen atoms in total. The van der Waals surface area contributed by atoms with Gasteiger partial charge in [-0.3, -0.25) is 4.79 Å². The summed E-state index contributed by atoms with van der Waals surface area (Å²) in [5, 5.41) is 9.53. The fourth-order valence-corrected chi connectivity index (χ4v) is 2.90. The smallest absolute Gasteiger partial charge is 0.193 e. The van der Waals surface area contributed by atoms with E-state index < -0.39 is 0 Å². The number of rotatable bonds is 4. The van der Waals surface area contributed by atoms with Gasteiger partial charge in [-0.2, -0.15) is 5.26 Å². The number of imidazole rings is 1. The lowest BCUT2D eigenvalue weighted by Crippen LogP contribution is -2.00. The first-order valence-electron chi connectivity index (χ1n) is 8.51. The number of aromatic nitrogens is 2. The number of ketones is 1. The Morgan fingerprint density at radius 1 is 0.926 bits per heavy atom. The molecule has 1 heterocycles. The van der Waals surface area contributed by atoms with Crippen LogP contribution in [0.3, 0.4) is 0 Å². The maximum atomic E-state index is 12.6. The van der Waals surface area contributed by atoms with Gasteiger partial charge in [-0.05, 0) is 29.8 Å². The number of fused-ring (bicyclic) bond motifs is 1. The molecule has 0 aliphatic rings. The number of carbonyl (C=O) groups is 1. The summed E-state index contributed by atoms with van der Waals surface area (Å²) in [6.45, 7) is 0. The van der Waals surface area contributed by atoms with E-state index in [0.29, 0.717) is 28.0 Å². The summed E-state index contributed by atoms with van der Waals surface area (Å²) in [5.74, 6) is 0.439. The summed E-state index contributed by atoms with van der Waals surface area (Å²) < 4.78 is 0. The summed E-state index contributed by atoms with van der Waals surface area (Å²) >= 11 is 0. The highest BCUT2D eigenvalue weighted by atomic mass is 16.1. The molecule has 0 aliphatic heterocycles. The molecule has 0 radical (unpaired) electrons. The average Bonchev–Trinajstić information content (AvgIpc) is 3.16. The van der Waals surface area contributed by atoms with Crippen LogP contribution in [-0.2, 0) is 0 Å². The first kappa shape index (κ1) is 16.5. The summed E-state index contributed by atoms with van der Waals surface area (Å²) in [6.07, 6.45) is 1.79. The highest BCUT2D eigenvalue weighted by Gasteiger charge is 2.12. The Morgan fingerprint density at radius 3 is 2.33 bits per heavy atom. The number of nitriles is 1. The van der Waals surface area contributed by atoms with Gasteiger partial charge in [0.1, 0.15) is 11.9 Å². The largest absolute Gasteiger partial charge is 0.337 e. The second kappa shape index (κ2) is 7.11. The number of nitrogens with one attached hydrogen (secondary N) is 1. The maximum absolute atomic E-state index is 12.6. The molecule has 4 heteroatoms. The highest BCUT2D eigenvalue weighted by molar-refractivity contribution is 6.10.